The van der Waals surface area contributed by atoms with E-state index in [0.717, 1.165) is 26.2 Å². The second-order valence-corrected chi connectivity index (χ2v) is 9.53. The van der Waals surface area contributed by atoms with E-state index in [0.29, 0.717) is 36.4 Å². The van der Waals surface area contributed by atoms with E-state index in [1.807, 2.05) is 13.0 Å². The quantitative estimate of drug-likeness (QED) is 0.285. The van der Waals surface area contributed by atoms with Crippen molar-refractivity contribution in [2.45, 2.75) is 31.8 Å². The third-order valence-corrected chi connectivity index (χ3v) is 6.14. The highest BCUT2D eigenvalue weighted by Crippen LogP contribution is 2.10. The maximum absolute atomic E-state index is 12.4. The molecule has 1 heterocycles. The van der Waals surface area contributed by atoms with Crippen molar-refractivity contribution >= 4 is 39.8 Å². The molecule has 1 fully saturated rings. The minimum absolute atomic E-state index is 0. The summed E-state index contributed by atoms with van der Waals surface area (Å²) in [5.41, 5.74) is 0. The van der Waals surface area contributed by atoms with E-state index in [1.165, 1.54) is 0 Å². The van der Waals surface area contributed by atoms with Gasteiger partial charge in [-0.2, -0.15) is 0 Å². The van der Waals surface area contributed by atoms with Crippen LogP contribution in [0.1, 0.15) is 20.8 Å². The lowest BCUT2D eigenvalue weighted by Gasteiger charge is -2.33. The lowest BCUT2D eigenvalue weighted by molar-refractivity contribution is -0.0261. The van der Waals surface area contributed by atoms with E-state index in [9.17, 15) is 8.42 Å². The predicted octanol–water partition coefficient (Wildman–Crippen LogP) is 1.99. The van der Waals surface area contributed by atoms with Gasteiger partial charge in [-0.05, 0) is 25.0 Å². The highest BCUT2D eigenvalue weighted by molar-refractivity contribution is 14.0. The Morgan fingerprint density at radius 2 is 2.00 bits per heavy atom. The van der Waals surface area contributed by atoms with Crippen LogP contribution in [0.4, 0.5) is 0 Å². The van der Waals surface area contributed by atoms with E-state index in [2.05, 4.69) is 34.4 Å². The largest absolute Gasteiger partial charge is 0.374 e. The fourth-order valence-electron chi connectivity index (χ4n) is 3.16. The first-order chi connectivity index (χ1) is 13.4. The number of ether oxygens (including phenoxy) is 1. The number of rotatable bonds is 9. The summed E-state index contributed by atoms with van der Waals surface area (Å²) in [6.07, 6.45) is 0.0657. The molecule has 1 atom stereocenters. The molecule has 1 unspecified atom stereocenters. The number of guanidine groups is 1. The normalized spacial score (nSPS) is 18.3. The smallest absolute Gasteiger partial charge is 0.191 e. The zero-order chi connectivity index (χ0) is 20.4. The number of nitrogens with one attached hydrogen (secondary N) is 2. The highest BCUT2D eigenvalue weighted by Gasteiger charge is 2.21. The first-order valence-corrected chi connectivity index (χ1v) is 11.7. The second-order valence-electron chi connectivity index (χ2n) is 7.42. The zero-order valence-electron chi connectivity index (χ0n) is 17.6. The third kappa shape index (κ3) is 9.63. The Balaban J connectivity index is 0.00000420. The summed E-state index contributed by atoms with van der Waals surface area (Å²) < 4.78 is 30.6. The van der Waals surface area contributed by atoms with Gasteiger partial charge in [0.1, 0.15) is 0 Å². The molecule has 7 nitrogen and oxygen atoms in total. The number of aliphatic imine (C=N–C) groups is 1. The molecule has 1 saturated heterocycles. The van der Waals surface area contributed by atoms with Gasteiger partial charge in [0.25, 0.3) is 0 Å². The van der Waals surface area contributed by atoms with Crippen LogP contribution in [-0.4, -0.2) is 77.0 Å². The number of hydrogen-bond donors (Lipinski definition) is 2. The lowest BCUT2D eigenvalue weighted by Crippen LogP contribution is -2.46. The molecule has 0 radical (unpaired) electrons. The molecular weight excluding hydrogens is 503 g/mol. The Hall–Kier alpha value is -0.910. The van der Waals surface area contributed by atoms with Gasteiger partial charge in [-0.15, -0.1) is 24.0 Å². The fourth-order valence-corrected chi connectivity index (χ4v) is 4.34. The monoisotopic (exact) mass is 538 g/mol. The number of nitrogens with zero attached hydrogens (tertiary/aromatic N) is 2. The van der Waals surface area contributed by atoms with Gasteiger partial charge in [-0.25, -0.2) is 8.42 Å². The van der Waals surface area contributed by atoms with Crippen LogP contribution >= 0.6 is 24.0 Å². The van der Waals surface area contributed by atoms with Gasteiger partial charge in [-0.3, -0.25) is 9.89 Å². The molecule has 1 aliphatic rings. The topological polar surface area (TPSA) is 83.0 Å². The van der Waals surface area contributed by atoms with Crippen LogP contribution in [0, 0.1) is 5.92 Å². The summed E-state index contributed by atoms with van der Waals surface area (Å²) in [6, 6.07) is 8.52. The molecule has 9 heteroatoms. The molecule has 2 rings (SSSR count). The molecule has 0 amide bonds. The first kappa shape index (κ1) is 26.1. The summed E-state index contributed by atoms with van der Waals surface area (Å²) >= 11 is 0. The fraction of sp³-hybridized carbons (Fsp3) is 0.650. The third-order valence-electron chi connectivity index (χ3n) is 4.41. The van der Waals surface area contributed by atoms with E-state index >= 15 is 0 Å². The van der Waals surface area contributed by atoms with Crippen LogP contribution < -0.4 is 10.6 Å². The number of morpholine rings is 1. The SMILES string of the molecule is CCNC(=NCC1CN(CC(C)C)CCO1)NCCS(=O)(=O)c1ccccc1.I. The lowest BCUT2D eigenvalue weighted by atomic mass is 10.2. The van der Waals surface area contributed by atoms with E-state index < -0.39 is 9.84 Å². The van der Waals surface area contributed by atoms with Gasteiger partial charge in [-0.1, -0.05) is 32.0 Å². The van der Waals surface area contributed by atoms with Gasteiger partial charge >= 0.3 is 0 Å². The zero-order valence-corrected chi connectivity index (χ0v) is 20.8. The average Bonchev–Trinajstić information content (AvgIpc) is 2.66. The van der Waals surface area contributed by atoms with Gasteiger partial charge in [0.2, 0.25) is 0 Å². The molecule has 0 saturated carbocycles. The summed E-state index contributed by atoms with van der Waals surface area (Å²) in [4.78, 5) is 7.36. The molecule has 0 bridgehead atoms. The molecule has 2 N–H and O–H groups in total. The highest BCUT2D eigenvalue weighted by atomic mass is 127. The summed E-state index contributed by atoms with van der Waals surface area (Å²) in [5, 5.41) is 6.29. The Kier molecular flexibility index (Phi) is 12.1. The Labute approximate surface area is 192 Å². The first-order valence-electron chi connectivity index (χ1n) is 10.0. The Morgan fingerprint density at radius 3 is 2.66 bits per heavy atom. The molecule has 0 aliphatic carbocycles. The number of halogens is 1. The molecule has 1 aliphatic heterocycles. The van der Waals surface area contributed by atoms with Gasteiger partial charge in [0.05, 0.1) is 29.9 Å². The number of sulfone groups is 1. The second kappa shape index (κ2) is 13.4. The van der Waals surface area contributed by atoms with Crippen molar-refractivity contribution in [3.8, 4) is 0 Å². The summed E-state index contributed by atoms with van der Waals surface area (Å²) in [5.74, 6) is 1.27. The maximum atomic E-state index is 12.4. The van der Waals surface area contributed by atoms with Crippen LogP contribution in [0.15, 0.2) is 40.2 Å². The maximum Gasteiger partial charge on any atom is 0.191 e. The minimum Gasteiger partial charge on any atom is -0.374 e. The van der Waals surface area contributed by atoms with Gasteiger partial charge in [0, 0.05) is 32.7 Å². The molecule has 166 valence electrons. The van der Waals surface area contributed by atoms with Crippen molar-refractivity contribution < 1.29 is 13.2 Å². The van der Waals surface area contributed by atoms with E-state index in [-0.39, 0.29) is 35.8 Å². The van der Waals surface area contributed by atoms with Crippen LogP contribution in [0.3, 0.4) is 0 Å². The van der Waals surface area contributed by atoms with Crippen molar-refractivity contribution in [2.75, 3.05) is 51.6 Å². The number of benzene rings is 1. The van der Waals surface area contributed by atoms with Crippen LogP contribution in [0.2, 0.25) is 0 Å². The molecule has 1 aromatic rings. The predicted molar refractivity (Wildman–Crippen MR) is 129 cm³/mol. The van der Waals surface area contributed by atoms with E-state index in [4.69, 9.17) is 4.74 Å². The molecule has 1 aromatic carbocycles. The number of hydrogen-bond acceptors (Lipinski definition) is 5. The van der Waals surface area contributed by atoms with Crippen molar-refractivity contribution in [2.24, 2.45) is 10.9 Å². The van der Waals surface area contributed by atoms with Crippen molar-refractivity contribution in [1.82, 2.24) is 15.5 Å². The standard InChI is InChI=1S/C20H34N4O3S.HI/c1-4-21-20(22-10-13-28(25,26)19-8-6-5-7-9-19)23-14-18-16-24(11-12-27-18)15-17(2)3;/h5-9,17-18H,4,10-16H2,1-3H3,(H2,21,22,23);1H. The van der Waals surface area contributed by atoms with Gasteiger partial charge < -0.3 is 15.4 Å². The van der Waals surface area contributed by atoms with Crippen molar-refractivity contribution in [1.29, 1.82) is 0 Å². The Morgan fingerprint density at radius 1 is 1.28 bits per heavy atom. The average molecular weight is 538 g/mol. The minimum atomic E-state index is -3.30. The van der Waals surface area contributed by atoms with Crippen LogP contribution in [0.25, 0.3) is 0 Å². The van der Waals surface area contributed by atoms with Crippen molar-refractivity contribution in [3.63, 3.8) is 0 Å². The van der Waals surface area contributed by atoms with Crippen LogP contribution in [-0.2, 0) is 14.6 Å². The van der Waals surface area contributed by atoms with Crippen LogP contribution in [0.5, 0.6) is 0 Å². The summed E-state index contributed by atoms with van der Waals surface area (Å²) in [7, 11) is -3.30. The summed E-state index contributed by atoms with van der Waals surface area (Å²) in [6.45, 7) is 11.6. The Bertz CT molecular complexity index is 714. The van der Waals surface area contributed by atoms with Crippen molar-refractivity contribution in [3.05, 3.63) is 30.3 Å². The van der Waals surface area contributed by atoms with Gasteiger partial charge in [0.15, 0.2) is 15.8 Å². The molecular formula is C20H35IN4O3S. The molecule has 29 heavy (non-hydrogen) atoms. The van der Waals surface area contributed by atoms with E-state index in [1.54, 1.807) is 24.3 Å². The molecule has 0 aromatic heterocycles. The molecule has 0 spiro atoms.